The summed E-state index contributed by atoms with van der Waals surface area (Å²) in [5.74, 6) is 7.12. The summed E-state index contributed by atoms with van der Waals surface area (Å²) in [6.07, 6.45) is 3.66. The van der Waals surface area contributed by atoms with Crippen molar-refractivity contribution in [2.24, 2.45) is 5.84 Å². The molecule has 1 aromatic rings. The molecule has 84 valence electrons. The third kappa shape index (κ3) is 4.35. The first-order chi connectivity index (χ1) is 7.26. The highest BCUT2D eigenvalue weighted by atomic mass is 32.2. The van der Waals surface area contributed by atoms with E-state index < -0.39 is 0 Å². The van der Waals surface area contributed by atoms with Gasteiger partial charge in [0.25, 0.3) is 0 Å². The van der Waals surface area contributed by atoms with Crippen LogP contribution >= 0.6 is 11.8 Å². The Hall–Kier alpha value is -1.01. The van der Waals surface area contributed by atoms with E-state index in [9.17, 15) is 0 Å². The van der Waals surface area contributed by atoms with Crippen LogP contribution in [0.2, 0.25) is 0 Å². The maximum absolute atomic E-state index is 5.53. The van der Waals surface area contributed by atoms with E-state index in [0.717, 1.165) is 10.8 Å². The summed E-state index contributed by atoms with van der Waals surface area (Å²) >= 11 is 1.68. The zero-order valence-corrected chi connectivity index (χ0v) is 9.68. The van der Waals surface area contributed by atoms with Gasteiger partial charge in [-0.15, -0.1) is 11.8 Å². The molecule has 0 fully saturated rings. The molecule has 0 unspecified atom stereocenters. The van der Waals surface area contributed by atoms with Crippen LogP contribution in [0.1, 0.15) is 26.2 Å². The molecule has 15 heavy (non-hydrogen) atoms. The Morgan fingerprint density at radius 1 is 1.40 bits per heavy atom. The van der Waals surface area contributed by atoms with Crippen molar-refractivity contribution in [3.8, 4) is 0 Å². The number of hydrogen-bond acceptors (Lipinski definition) is 6. The first-order valence-corrected chi connectivity index (χ1v) is 5.98. The van der Waals surface area contributed by atoms with Gasteiger partial charge < -0.3 is 11.2 Å². The fourth-order valence-electron chi connectivity index (χ4n) is 1.12. The molecule has 0 amide bonds. The lowest BCUT2D eigenvalue weighted by molar-refractivity contribution is 0.778. The summed E-state index contributed by atoms with van der Waals surface area (Å²) in [6.45, 7) is 2.18. The predicted molar refractivity (Wildman–Crippen MR) is 64.5 cm³/mol. The first-order valence-electron chi connectivity index (χ1n) is 5.00. The van der Waals surface area contributed by atoms with Gasteiger partial charge in [-0.3, -0.25) is 0 Å². The van der Waals surface area contributed by atoms with Crippen molar-refractivity contribution < 1.29 is 0 Å². The molecule has 0 atom stereocenters. The average Bonchev–Trinajstić information content (AvgIpc) is 2.23. The van der Waals surface area contributed by atoms with Crippen LogP contribution in [0.4, 0.5) is 11.8 Å². The Kier molecular flexibility index (Phi) is 5.20. The maximum atomic E-state index is 5.53. The van der Waals surface area contributed by atoms with E-state index in [1.165, 1.54) is 19.3 Å². The highest BCUT2D eigenvalue weighted by molar-refractivity contribution is 7.99. The molecule has 0 aliphatic rings. The number of nitrogen functional groups attached to an aromatic ring is 2. The van der Waals surface area contributed by atoms with Gasteiger partial charge in [-0.25, -0.2) is 10.8 Å². The Balaban J connectivity index is 2.49. The van der Waals surface area contributed by atoms with Gasteiger partial charge in [-0.2, -0.15) is 4.98 Å². The highest BCUT2D eigenvalue weighted by Crippen LogP contribution is 2.20. The first kappa shape index (κ1) is 12.1. The molecule has 5 N–H and O–H groups in total. The molecule has 0 spiro atoms. The molecule has 6 heteroatoms. The lowest BCUT2D eigenvalue weighted by Gasteiger charge is -2.04. The van der Waals surface area contributed by atoms with Gasteiger partial charge in [0.2, 0.25) is 5.95 Å². The summed E-state index contributed by atoms with van der Waals surface area (Å²) in [7, 11) is 0. The van der Waals surface area contributed by atoms with Gasteiger partial charge in [0.05, 0.1) is 0 Å². The fourth-order valence-corrected chi connectivity index (χ4v) is 2.03. The molecule has 0 aliphatic heterocycles. The summed E-state index contributed by atoms with van der Waals surface area (Å²) in [4.78, 5) is 8.03. The summed E-state index contributed by atoms with van der Waals surface area (Å²) < 4.78 is 0. The normalized spacial score (nSPS) is 10.3. The number of unbranched alkanes of at least 4 members (excludes halogenated alkanes) is 2. The second-order valence-corrected chi connectivity index (χ2v) is 4.26. The number of hydrazine groups is 1. The standard InChI is InChI=1S/C9H17N5S/c1-2-3-4-5-15-8-6-7(14-11)12-9(10)13-8/h6H,2-5,11H2,1H3,(H3,10,12,13,14). The molecule has 0 bridgehead atoms. The number of rotatable bonds is 6. The lowest BCUT2D eigenvalue weighted by atomic mass is 10.3. The minimum atomic E-state index is 0.253. The second kappa shape index (κ2) is 6.47. The van der Waals surface area contributed by atoms with E-state index >= 15 is 0 Å². The van der Waals surface area contributed by atoms with Crippen molar-refractivity contribution in [2.75, 3.05) is 16.9 Å². The highest BCUT2D eigenvalue weighted by Gasteiger charge is 2.01. The summed E-state index contributed by atoms with van der Waals surface area (Å²) in [5.41, 5.74) is 8.00. The van der Waals surface area contributed by atoms with Crippen LogP contribution in [-0.2, 0) is 0 Å². The van der Waals surface area contributed by atoms with Gasteiger partial charge >= 0.3 is 0 Å². The number of hydrogen-bond donors (Lipinski definition) is 3. The van der Waals surface area contributed by atoms with Crippen LogP contribution < -0.4 is 17.0 Å². The molecule has 0 saturated carbocycles. The van der Waals surface area contributed by atoms with Crippen LogP contribution in [0.5, 0.6) is 0 Å². The summed E-state index contributed by atoms with van der Waals surface area (Å²) in [5, 5.41) is 0.867. The van der Waals surface area contributed by atoms with Crippen molar-refractivity contribution >= 4 is 23.5 Å². The minimum Gasteiger partial charge on any atom is -0.368 e. The van der Waals surface area contributed by atoms with E-state index in [1.807, 2.05) is 0 Å². The summed E-state index contributed by atoms with van der Waals surface area (Å²) in [6, 6.07) is 1.80. The van der Waals surface area contributed by atoms with Crippen LogP contribution in [0.25, 0.3) is 0 Å². The SMILES string of the molecule is CCCCCSc1cc(NN)nc(N)n1. The number of nitrogens with one attached hydrogen (secondary N) is 1. The number of nitrogens with two attached hydrogens (primary N) is 2. The van der Waals surface area contributed by atoms with Gasteiger partial charge in [0.1, 0.15) is 10.8 Å². The molecular formula is C9H17N5S. The van der Waals surface area contributed by atoms with E-state index in [4.69, 9.17) is 11.6 Å². The monoisotopic (exact) mass is 227 g/mol. The van der Waals surface area contributed by atoms with Gasteiger partial charge in [-0.1, -0.05) is 19.8 Å². The van der Waals surface area contributed by atoms with Crippen LogP contribution in [0.15, 0.2) is 11.1 Å². The third-order valence-corrected chi connectivity index (χ3v) is 2.86. The fraction of sp³-hybridized carbons (Fsp3) is 0.556. The molecule has 0 saturated heterocycles. The largest absolute Gasteiger partial charge is 0.368 e. The maximum Gasteiger partial charge on any atom is 0.223 e. The van der Waals surface area contributed by atoms with Crippen LogP contribution in [0, 0.1) is 0 Å². The van der Waals surface area contributed by atoms with E-state index in [1.54, 1.807) is 17.8 Å². The van der Waals surface area contributed by atoms with Crippen LogP contribution in [-0.4, -0.2) is 15.7 Å². The third-order valence-electron chi connectivity index (χ3n) is 1.87. The topological polar surface area (TPSA) is 89.8 Å². The van der Waals surface area contributed by atoms with E-state index in [-0.39, 0.29) is 5.95 Å². The zero-order valence-electron chi connectivity index (χ0n) is 8.86. The van der Waals surface area contributed by atoms with Gasteiger partial charge in [0.15, 0.2) is 0 Å². The number of thioether (sulfide) groups is 1. The molecule has 0 aliphatic carbocycles. The van der Waals surface area contributed by atoms with Crippen molar-refractivity contribution in [3.63, 3.8) is 0 Å². The molecule has 1 aromatic heterocycles. The van der Waals surface area contributed by atoms with Crippen molar-refractivity contribution in [1.82, 2.24) is 9.97 Å². The Morgan fingerprint density at radius 3 is 2.87 bits per heavy atom. The molecule has 0 radical (unpaired) electrons. The minimum absolute atomic E-state index is 0.253. The van der Waals surface area contributed by atoms with E-state index in [2.05, 4.69) is 22.3 Å². The lowest BCUT2D eigenvalue weighted by Crippen LogP contribution is -2.10. The van der Waals surface area contributed by atoms with Crippen molar-refractivity contribution in [1.29, 1.82) is 0 Å². The molecule has 0 aromatic carbocycles. The smallest absolute Gasteiger partial charge is 0.223 e. The Labute approximate surface area is 94.0 Å². The zero-order chi connectivity index (χ0) is 11.1. The molecule has 1 rings (SSSR count). The number of anilines is 2. The molecule has 1 heterocycles. The van der Waals surface area contributed by atoms with Crippen molar-refractivity contribution in [2.45, 2.75) is 31.2 Å². The van der Waals surface area contributed by atoms with Crippen molar-refractivity contribution in [3.05, 3.63) is 6.07 Å². The molecular weight excluding hydrogens is 210 g/mol. The quantitative estimate of drug-likeness (QED) is 0.225. The molecule has 5 nitrogen and oxygen atoms in total. The predicted octanol–water partition coefficient (Wildman–Crippen LogP) is 1.63. The van der Waals surface area contributed by atoms with Gasteiger partial charge in [0, 0.05) is 6.07 Å². The van der Waals surface area contributed by atoms with E-state index in [0.29, 0.717) is 5.82 Å². The average molecular weight is 227 g/mol. The number of nitrogens with zero attached hydrogens (tertiary/aromatic N) is 2. The Morgan fingerprint density at radius 2 is 2.20 bits per heavy atom. The van der Waals surface area contributed by atoms with Gasteiger partial charge in [-0.05, 0) is 12.2 Å². The number of aromatic nitrogens is 2. The second-order valence-electron chi connectivity index (χ2n) is 3.15. The van der Waals surface area contributed by atoms with Crippen LogP contribution in [0.3, 0.4) is 0 Å². The Bertz CT molecular complexity index is 305.